The first-order chi connectivity index (χ1) is 15.8. The van der Waals surface area contributed by atoms with Gasteiger partial charge >= 0.3 is 0 Å². The van der Waals surface area contributed by atoms with E-state index in [4.69, 9.17) is 7.85 Å². The van der Waals surface area contributed by atoms with Crippen molar-refractivity contribution in [3.05, 3.63) is 121 Å². The number of fused-ring (bicyclic) bond motifs is 3. The molecule has 0 N–H and O–H groups in total. The molecule has 0 saturated carbocycles. The van der Waals surface area contributed by atoms with Gasteiger partial charge in [-0.1, -0.05) is 96.5 Å². The summed E-state index contributed by atoms with van der Waals surface area (Å²) in [5.74, 6) is 0. The molecule has 0 fully saturated rings. The lowest BCUT2D eigenvalue weighted by molar-refractivity contribution is 1.18. The van der Waals surface area contributed by atoms with Gasteiger partial charge in [-0.3, -0.25) is 0 Å². The van der Waals surface area contributed by atoms with Crippen molar-refractivity contribution in [2.75, 3.05) is 0 Å². The average Bonchev–Trinajstić information content (AvgIpc) is 3.18. The van der Waals surface area contributed by atoms with Crippen molar-refractivity contribution >= 4 is 35.1 Å². The quantitative estimate of drug-likeness (QED) is 0.282. The molecule has 32 heavy (non-hydrogen) atoms. The van der Waals surface area contributed by atoms with Gasteiger partial charge in [0.1, 0.15) is 7.85 Å². The Labute approximate surface area is 189 Å². The summed E-state index contributed by atoms with van der Waals surface area (Å²) < 4.78 is 2.33. The largest absolute Gasteiger partial charge is 0.309 e. The van der Waals surface area contributed by atoms with Crippen LogP contribution in [0.3, 0.4) is 0 Å². The molecule has 0 unspecified atom stereocenters. The Morgan fingerprint density at radius 3 is 1.66 bits per heavy atom. The third-order valence-corrected chi connectivity index (χ3v) is 6.09. The zero-order valence-corrected chi connectivity index (χ0v) is 17.6. The fourth-order valence-corrected chi connectivity index (χ4v) is 4.60. The Bertz CT molecular complexity index is 1510. The van der Waals surface area contributed by atoms with Crippen LogP contribution in [0.15, 0.2) is 121 Å². The van der Waals surface area contributed by atoms with Crippen LogP contribution in [-0.4, -0.2) is 12.4 Å². The van der Waals surface area contributed by atoms with Gasteiger partial charge in [-0.25, -0.2) is 0 Å². The van der Waals surface area contributed by atoms with Crippen LogP contribution in [0.2, 0.25) is 0 Å². The van der Waals surface area contributed by atoms with Gasteiger partial charge in [0.2, 0.25) is 0 Å². The van der Waals surface area contributed by atoms with E-state index in [-0.39, 0.29) is 0 Å². The molecule has 0 atom stereocenters. The highest BCUT2D eigenvalue weighted by Gasteiger charge is 2.14. The molecular formula is C30H20BN. The highest BCUT2D eigenvalue weighted by Crippen LogP contribution is 2.35. The molecule has 1 nitrogen and oxygen atoms in total. The number of para-hydroxylation sites is 1. The Balaban J connectivity index is 1.70. The summed E-state index contributed by atoms with van der Waals surface area (Å²) in [6.07, 6.45) is 0. The van der Waals surface area contributed by atoms with E-state index < -0.39 is 0 Å². The minimum atomic E-state index is 0.768. The van der Waals surface area contributed by atoms with E-state index in [1.807, 2.05) is 6.07 Å². The molecule has 0 aliphatic rings. The molecule has 0 spiro atoms. The highest BCUT2D eigenvalue weighted by molar-refractivity contribution is 6.33. The molecule has 148 valence electrons. The fourth-order valence-electron chi connectivity index (χ4n) is 4.60. The monoisotopic (exact) mass is 405 g/mol. The zero-order chi connectivity index (χ0) is 21.5. The van der Waals surface area contributed by atoms with Crippen LogP contribution >= 0.6 is 0 Å². The van der Waals surface area contributed by atoms with Gasteiger partial charge in [-0.15, -0.1) is 0 Å². The summed E-state index contributed by atoms with van der Waals surface area (Å²) in [7, 11) is 6.22. The summed E-state index contributed by atoms with van der Waals surface area (Å²) in [5.41, 5.74) is 8.98. The normalized spacial score (nSPS) is 11.2. The molecule has 0 aliphatic heterocycles. The molecule has 5 aromatic carbocycles. The Kier molecular flexibility index (Phi) is 4.43. The smallest absolute Gasteiger partial charge is 0.113 e. The van der Waals surface area contributed by atoms with Crippen molar-refractivity contribution in [1.29, 1.82) is 0 Å². The Hall–Kier alpha value is -4.04. The predicted octanol–water partition coefficient (Wildman–Crippen LogP) is 6.91. The molecular weight excluding hydrogens is 385 g/mol. The minimum Gasteiger partial charge on any atom is -0.309 e. The van der Waals surface area contributed by atoms with Crippen molar-refractivity contribution < 1.29 is 0 Å². The van der Waals surface area contributed by atoms with Gasteiger partial charge in [-0.05, 0) is 52.6 Å². The van der Waals surface area contributed by atoms with E-state index in [2.05, 4.69) is 120 Å². The van der Waals surface area contributed by atoms with Crippen LogP contribution in [0.4, 0.5) is 0 Å². The van der Waals surface area contributed by atoms with Crippen LogP contribution in [0, 0.1) is 0 Å². The third-order valence-electron chi connectivity index (χ3n) is 6.09. The van der Waals surface area contributed by atoms with Crippen molar-refractivity contribution in [2.24, 2.45) is 0 Å². The lowest BCUT2D eigenvalue weighted by atomic mass is 9.95. The summed E-state index contributed by atoms with van der Waals surface area (Å²) in [6.45, 7) is 0. The van der Waals surface area contributed by atoms with E-state index >= 15 is 0 Å². The third kappa shape index (κ3) is 3.12. The van der Waals surface area contributed by atoms with Gasteiger partial charge in [-0.2, -0.15) is 0 Å². The maximum atomic E-state index is 6.22. The molecule has 0 bridgehead atoms. The van der Waals surface area contributed by atoms with Crippen molar-refractivity contribution in [2.45, 2.75) is 0 Å². The van der Waals surface area contributed by atoms with E-state index in [0.29, 0.717) is 0 Å². The van der Waals surface area contributed by atoms with Crippen molar-refractivity contribution in [3.63, 3.8) is 0 Å². The first-order valence-corrected chi connectivity index (χ1v) is 10.8. The molecule has 2 radical (unpaired) electrons. The maximum Gasteiger partial charge on any atom is 0.113 e. The lowest BCUT2D eigenvalue weighted by Gasteiger charge is -2.14. The standard InChI is InChI=1S/C30H20BN/c31-25-15-16-28-27-13-7-8-14-29(27)32(30(28)20-25)26-18-23(21-9-3-1-4-10-21)17-24(19-26)22-11-5-2-6-12-22/h1-20H. The highest BCUT2D eigenvalue weighted by atomic mass is 15.0. The molecule has 1 aromatic heterocycles. The minimum absolute atomic E-state index is 0.768. The van der Waals surface area contributed by atoms with Gasteiger partial charge in [0.15, 0.2) is 0 Å². The van der Waals surface area contributed by atoms with E-state index in [0.717, 1.165) is 16.7 Å². The summed E-state index contributed by atoms with van der Waals surface area (Å²) in [5, 5.41) is 2.44. The van der Waals surface area contributed by atoms with Gasteiger partial charge in [0.05, 0.1) is 11.0 Å². The van der Waals surface area contributed by atoms with Crippen molar-refractivity contribution in [1.82, 2.24) is 4.57 Å². The number of nitrogens with zero attached hydrogens (tertiary/aromatic N) is 1. The fraction of sp³-hybridized carbons (Fsp3) is 0. The summed E-state index contributed by atoms with van der Waals surface area (Å²) in [6, 6.07) is 42.7. The molecule has 6 rings (SSSR count). The second-order valence-corrected chi connectivity index (χ2v) is 8.13. The van der Waals surface area contributed by atoms with Crippen LogP contribution in [0.5, 0.6) is 0 Å². The van der Waals surface area contributed by atoms with E-state index in [1.54, 1.807) is 0 Å². The van der Waals surface area contributed by atoms with Crippen LogP contribution in [0.1, 0.15) is 0 Å². The number of benzene rings is 5. The lowest BCUT2D eigenvalue weighted by Crippen LogP contribution is -2.02. The molecule has 1 heterocycles. The topological polar surface area (TPSA) is 4.93 Å². The first-order valence-electron chi connectivity index (χ1n) is 10.8. The molecule has 6 aromatic rings. The summed E-state index contributed by atoms with van der Waals surface area (Å²) >= 11 is 0. The van der Waals surface area contributed by atoms with E-state index in [9.17, 15) is 0 Å². The average molecular weight is 405 g/mol. The zero-order valence-electron chi connectivity index (χ0n) is 17.6. The van der Waals surface area contributed by atoms with Crippen LogP contribution < -0.4 is 5.46 Å². The van der Waals surface area contributed by atoms with E-state index in [1.165, 1.54) is 38.5 Å². The van der Waals surface area contributed by atoms with Gasteiger partial charge < -0.3 is 4.57 Å². The van der Waals surface area contributed by atoms with Crippen LogP contribution in [0.25, 0.3) is 49.7 Å². The molecule has 0 saturated heterocycles. The molecule has 0 amide bonds. The van der Waals surface area contributed by atoms with Crippen molar-refractivity contribution in [3.8, 4) is 27.9 Å². The SMILES string of the molecule is [B]c1ccc2c3ccccc3n(-c3cc(-c4ccccc4)cc(-c4ccccc4)c3)c2c1. The van der Waals surface area contributed by atoms with Crippen LogP contribution in [-0.2, 0) is 0 Å². The Morgan fingerprint density at radius 1 is 0.438 bits per heavy atom. The second kappa shape index (κ2) is 7.58. The second-order valence-electron chi connectivity index (χ2n) is 8.13. The molecule has 2 heteroatoms. The maximum absolute atomic E-state index is 6.22. The first kappa shape index (κ1) is 18.7. The van der Waals surface area contributed by atoms with Gasteiger partial charge in [0.25, 0.3) is 0 Å². The predicted molar refractivity (Wildman–Crippen MR) is 137 cm³/mol. The number of hydrogen-bond donors (Lipinski definition) is 0. The van der Waals surface area contributed by atoms with Gasteiger partial charge in [0, 0.05) is 16.5 Å². The molecule has 0 aliphatic carbocycles. The number of hydrogen-bond acceptors (Lipinski definition) is 0. The summed E-state index contributed by atoms with van der Waals surface area (Å²) in [4.78, 5) is 0. The number of aromatic nitrogens is 1. The Morgan fingerprint density at radius 2 is 1.00 bits per heavy atom. The number of rotatable bonds is 3.